The van der Waals surface area contributed by atoms with E-state index in [1.165, 1.54) is 51.4 Å². The van der Waals surface area contributed by atoms with Crippen LogP contribution in [0.5, 0.6) is 0 Å². The van der Waals surface area contributed by atoms with E-state index in [1.807, 2.05) is 55.4 Å². The standard InChI is InChI=1S/2C19H30O2.2C2H6/c2*1-5-18(2,3)17(20)21-19(4)10-13-9-14(19)16-12-7-6-11(8-12)15(13)16;2*1-2/h2*11-16H,5-10H2,1-4H3;2*1-2H3. The number of rotatable bonds is 6. The lowest BCUT2D eigenvalue weighted by molar-refractivity contribution is -0.180. The molecular weight excluding hydrogens is 568 g/mol. The molecule has 0 aromatic carbocycles. The van der Waals surface area contributed by atoms with Gasteiger partial charge in [0.1, 0.15) is 11.2 Å². The second-order valence-corrected chi connectivity index (χ2v) is 18.5. The van der Waals surface area contributed by atoms with Crippen LogP contribution in [0.25, 0.3) is 0 Å². The minimum absolute atomic E-state index is 0.0276. The highest BCUT2D eigenvalue weighted by Crippen LogP contribution is 2.71. The molecule has 0 aromatic heterocycles. The molecule has 0 aromatic rings. The van der Waals surface area contributed by atoms with Gasteiger partial charge in [-0.2, -0.15) is 0 Å². The normalized spacial score (nSPS) is 46.3. The Balaban J connectivity index is 0.000000164. The second kappa shape index (κ2) is 13.0. The summed E-state index contributed by atoms with van der Waals surface area (Å²) in [6.45, 7) is 24.7. The van der Waals surface area contributed by atoms with Crippen LogP contribution in [-0.4, -0.2) is 23.1 Å². The average molecular weight is 641 g/mol. The Labute approximate surface area is 283 Å². The van der Waals surface area contributed by atoms with Gasteiger partial charge in [-0.1, -0.05) is 41.5 Å². The summed E-state index contributed by atoms with van der Waals surface area (Å²) in [7, 11) is 0. The zero-order valence-electron chi connectivity index (χ0n) is 32.0. The molecule has 46 heavy (non-hydrogen) atoms. The number of esters is 2. The summed E-state index contributed by atoms with van der Waals surface area (Å²) in [4.78, 5) is 25.1. The van der Waals surface area contributed by atoms with Crippen molar-refractivity contribution in [3.63, 3.8) is 0 Å². The van der Waals surface area contributed by atoms with E-state index in [0.717, 1.165) is 84.9 Å². The predicted octanol–water partition coefficient (Wildman–Crippen LogP) is 10.9. The average Bonchev–Trinajstić information content (AvgIpc) is 3.88. The van der Waals surface area contributed by atoms with Crippen molar-refractivity contribution in [2.75, 3.05) is 0 Å². The van der Waals surface area contributed by atoms with Crippen molar-refractivity contribution in [1.82, 2.24) is 0 Å². The summed E-state index contributed by atoms with van der Waals surface area (Å²) >= 11 is 0. The molecule has 0 saturated heterocycles. The Bertz CT molecular complexity index is 1020. The number of carbonyl (C=O) groups is 2. The molecule has 0 radical (unpaired) electrons. The summed E-state index contributed by atoms with van der Waals surface area (Å²) in [5, 5.41) is 0. The molecular formula is C42H72O4. The Kier molecular flexibility index (Phi) is 10.2. The maximum Gasteiger partial charge on any atom is 0.312 e. The fourth-order valence-corrected chi connectivity index (χ4v) is 13.0. The van der Waals surface area contributed by atoms with Crippen LogP contribution in [-0.2, 0) is 19.1 Å². The molecule has 0 amide bonds. The first-order valence-corrected chi connectivity index (χ1v) is 20.2. The van der Waals surface area contributed by atoms with Gasteiger partial charge in [0.05, 0.1) is 10.8 Å². The molecule has 8 rings (SSSR count). The predicted molar refractivity (Wildman–Crippen MR) is 188 cm³/mol. The second-order valence-electron chi connectivity index (χ2n) is 18.5. The van der Waals surface area contributed by atoms with Gasteiger partial charge in [-0.05, 0) is 178 Å². The van der Waals surface area contributed by atoms with E-state index in [0.29, 0.717) is 11.8 Å². The molecule has 264 valence electrons. The molecule has 14 unspecified atom stereocenters. The van der Waals surface area contributed by atoms with Crippen molar-refractivity contribution >= 4 is 11.9 Å². The zero-order chi connectivity index (χ0) is 34.0. The maximum absolute atomic E-state index is 12.6. The molecule has 4 heteroatoms. The monoisotopic (exact) mass is 641 g/mol. The van der Waals surface area contributed by atoms with Gasteiger partial charge in [0, 0.05) is 11.8 Å². The van der Waals surface area contributed by atoms with Crippen LogP contribution in [0, 0.1) is 81.8 Å². The van der Waals surface area contributed by atoms with Gasteiger partial charge in [0.15, 0.2) is 0 Å². The number of hydrogen-bond acceptors (Lipinski definition) is 4. The molecule has 4 nitrogen and oxygen atoms in total. The third kappa shape index (κ3) is 5.72. The van der Waals surface area contributed by atoms with Crippen LogP contribution in [0.4, 0.5) is 0 Å². The van der Waals surface area contributed by atoms with Crippen LogP contribution < -0.4 is 0 Å². The lowest BCUT2D eigenvalue weighted by atomic mass is 9.66. The minimum Gasteiger partial charge on any atom is -0.459 e. The summed E-state index contributed by atoms with van der Waals surface area (Å²) in [5.74, 6) is 10.7. The molecule has 8 saturated carbocycles. The molecule has 8 aliphatic carbocycles. The fraction of sp³-hybridized carbons (Fsp3) is 0.952. The van der Waals surface area contributed by atoms with E-state index in [2.05, 4.69) is 27.7 Å². The summed E-state index contributed by atoms with van der Waals surface area (Å²) in [5.41, 5.74) is -1.00. The lowest BCUT2D eigenvalue weighted by Gasteiger charge is -2.45. The Hall–Kier alpha value is -1.06. The maximum atomic E-state index is 12.6. The minimum atomic E-state index is -0.334. The summed E-state index contributed by atoms with van der Waals surface area (Å²) in [6.07, 6.45) is 15.4. The van der Waals surface area contributed by atoms with Gasteiger partial charge in [-0.25, -0.2) is 0 Å². The Morgan fingerprint density at radius 1 is 0.543 bits per heavy atom. The highest BCUT2D eigenvalue weighted by atomic mass is 16.6. The van der Waals surface area contributed by atoms with Crippen LogP contribution in [0.15, 0.2) is 0 Å². The molecule has 0 aliphatic heterocycles. The van der Waals surface area contributed by atoms with Crippen molar-refractivity contribution in [1.29, 1.82) is 0 Å². The number of ether oxygens (including phenoxy) is 2. The van der Waals surface area contributed by atoms with Gasteiger partial charge in [-0.15, -0.1) is 0 Å². The van der Waals surface area contributed by atoms with E-state index in [-0.39, 0.29) is 34.0 Å². The quantitative estimate of drug-likeness (QED) is 0.214. The van der Waals surface area contributed by atoms with Gasteiger partial charge in [0.25, 0.3) is 0 Å². The van der Waals surface area contributed by atoms with Gasteiger partial charge >= 0.3 is 11.9 Å². The third-order valence-electron chi connectivity index (χ3n) is 15.7. The largest absolute Gasteiger partial charge is 0.459 e. The summed E-state index contributed by atoms with van der Waals surface area (Å²) < 4.78 is 12.3. The molecule has 0 spiro atoms. The van der Waals surface area contributed by atoms with Crippen LogP contribution in [0.1, 0.15) is 160 Å². The van der Waals surface area contributed by atoms with Crippen LogP contribution in [0.3, 0.4) is 0 Å². The SMILES string of the molecule is CC.CC.CCC(C)(C)C(=O)OC1(C)CC2CC1C1C3CCC(C3)C21.CCC(C)(C)C(=O)OC1(C)CC2CC1C1C3CCC(C3)C21. The van der Waals surface area contributed by atoms with Gasteiger partial charge in [0.2, 0.25) is 0 Å². The van der Waals surface area contributed by atoms with E-state index in [4.69, 9.17) is 9.47 Å². The highest BCUT2D eigenvalue weighted by molar-refractivity contribution is 5.76. The Morgan fingerprint density at radius 2 is 0.848 bits per heavy atom. The van der Waals surface area contributed by atoms with Crippen molar-refractivity contribution in [3.05, 3.63) is 0 Å². The van der Waals surface area contributed by atoms with Gasteiger partial charge < -0.3 is 9.47 Å². The molecule has 0 N–H and O–H groups in total. The summed E-state index contributed by atoms with van der Waals surface area (Å²) in [6, 6.07) is 0. The van der Waals surface area contributed by atoms with Crippen molar-refractivity contribution in [2.45, 2.75) is 171 Å². The van der Waals surface area contributed by atoms with Crippen molar-refractivity contribution in [2.24, 2.45) is 81.8 Å². The van der Waals surface area contributed by atoms with Crippen molar-refractivity contribution in [3.8, 4) is 0 Å². The first-order valence-electron chi connectivity index (χ1n) is 20.2. The van der Waals surface area contributed by atoms with Crippen LogP contribution >= 0.6 is 0 Å². The smallest absolute Gasteiger partial charge is 0.312 e. The van der Waals surface area contributed by atoms with E-state index in [1.54, 1.807) is 0 Å². The molecule has 8 fully saturated rings. The van der Waals surface area contributed by atoms with Crippen molar-refractivity contribution < 1.29 is 19.1 Å². The first-order chi connectivity index (χ1) is 21.7. The topological polar surface area (TPSA) is 52.6 Å². The highest BCUT2D eigenvalue weighted by Gasteiger charge is 2.68. The van der Waals surface area contributed by atoms with Crippen LogP contribution in [0.2, 0.25) is 0 Å². The van der Waals surface area contributed by atoms with Gasteiger partial charge in [-0.3, -0.25) is 9.59 Å². The molecule has 8 aliphatic rings. The lowest BCUT2D eigenvalue weighted by Crippen LogP contribution is -2.47. The fourth-order valence-electron chi connectivity index (χ4n) is 13.0. The molecule has 14 atom stereocenters. The number of fused-ring (bicyclic) bond motifs is 18. The third-order valence-corrected chi connectivity index (χ3v) is 15.7. The number of carbonyl (C=O) groups excluding carboxylic acids is 2. The first kappa shape index (κ1) is 36.2. The van der Waals surface area contributed by atoms with E-state index < -0.39 is 0 Å². The molecule has 0 heterocycles. The Morgan fingerprint density at radius 3 is 1.15 bits per heavy atom. The van der Waals surface area contributed by atoms with E-state index in [9.17, 15) is 9.59 Å². The van der Waals surface area contributed by atoms with E-state index >= 15 is 0 Å². The number of hydrogen-bond donors (Lipinski definition) is 0. The zero-order valence-corrected chi connectivity index (χ0v) is 32.0. The molecule has 8 bridgehead atoms.